The number of alkyl carbamates (subject to hydrolysis) is 2. The Kier molecular flexibility index (Phi) is 11.7. The van der Waals surface area contributed by atoms with Crippen LogP contribution in [0.25, 0.3) is 33.6 Å². The third-order valence-corrected chi connectivity index (χ3v) is 11.3. The van der Waals surface area contributed by atoms with Crippen LogP contribution in [-0.2, 0) is 37.0 Å². The molecule has 302 valence electrons. The number of hydrogen-bond donors (Lipinski definition) is 4. The SMILES string of the molecule is COC(=O)N[C@H](C(=O)N1CCC[C@H]1c1ncc(-c2ccc3c(c2)COCc2cc(-c4cnc([C@@H]5CCCN5C(=O)[C@@H](NC(=O)OC)C(C)C)[nH]4)ccc2-3)[nH]1)C(C)C. The minimum absolute atomic E-state index is 0.115. The number of imidazole rings is 2. The van der Waals surface area contributed by atoms with Crippen LogP contribution in [-0.4, -0.2) is 93.1 Å². The van der Waals surface area contributed by atoms with Gasteiger partial charge in [-0.3, -0.25) is 9.59 Å². The number of nitrogens with one attached hydrogen (secondary N) is 4. The molecule has 0 bridgehead atoms. The largest absolute Gasteiger partial charge is 0.453 e. The van der Waals surface area contributed by atoms with Crippen molar-refractivity contribution in [3.05, 3.63) is 71.6 Å². The highest BCUT2D eigenvalue weighted by atomic mass is 16.5. The summed E-state index contributed by atoms with van der Waals surface area (Å²) < 4.78 is 15.8. The zero-order valence-corrected chi connectivity index (χ0v) is 33.4. The number of amides is 4. The molecule has 15 heteroatoms. The van der Waals surface area contributed by atoms with Gasteiger partial charge >= 0.3 is 12.2 Å². The summed E-state index contributed by atoms with van der Waals surface area (Å²) in [6.45, 7) is 9.64. The van der Waals surface area contributed by atoms with Crippen molar-refractivity contribution in [1.82, 2.24) is 40.4 Å². The summed E-state index contributed by atoms with van der Waals surface area (Å²) in [4.78, 5) is 71.3. The van der Waals surface area contributed by atoms with Crippen molar-refractivity contribution in [1.29, 1.82) is 0 Å². The molecule has 0 aliphatic carbocycles. The van der Waals surface area contributed by atoms with E-state index in [1.54, 1.807) is 0 Å². The lowest BCUT2D eigenvalue weighted by atomic mass is 9.93. The highest BCUT2D eigenvalue weighted by molar-refractivity contribution is 5.87. The number of methoxy groups -OCH3 is 2. The number of ether oxygens (including phenoxy) is 3. The van der Waals surface area contributed by atoms with E-state index in [4.69, 9.17) is 24.2 Å². The van der Waals surface area contributed by atoms with E-state index in [0.717, 1.165) is 70.5 Å². The lowest BCUT2D eigenvalue weighted by molar-refractivity contribution is -0.136. The normalized spacial score (nSPS) is 18.8. The van der Waals surface area contributed by atoms with E-state index in [1.165, 1.54) is 14.2 Å². The molecule has 4 amide bonds. The molecule has 2 fully saturated rings. The second-order valence-corrected chi connectivity index (χ2v) is 15.7. The molecule has 7 rings (SSSR count). The smallest absolute Gasteiger partial charge is 0.407 e. The summed E-state index contributed by atoms with van der Waals surface area (Å²) in [6, 6.07) is 10.8. The van der Waals surface area contributed by atoms with Crippen LogP contribution in [0.4, 0.5) is 9.59 Å². The maximum atomic E-state index is 13.6. The quantitative estimate of drug-likeness (QED) is 0.144. The number of carbonyl (C=O) groups excluding carboxylic acids is 4. The summed E-state index contributed by atoms with van der Waals surface area (Å²) >= 11 is 0. The molecule has 0 radical (unpaired) electrons. The second kappa shape index (κ2) is 16.8. The van der Waals surface area contributed by atoms with Crippen molar-refractivity contribution in [2.24, 2.45) is 11.8 Å². The summed E-state index contributed by atoms with van der Waals surface area (Å²) in [5.74, 6) is 0.903. The van der Waals surface area contributed by atoms with Crippen molar-refractivity contribution in [3.63, 3.8) is 0 Å². The fraction of sp³-hybridized carbons (Fsp3) is 0.476. The van der Waals surface area contributed by atoms with Crippen LogP contribution in [0.1, 0.15) is 88.2 Å². The molecule has 57 heavy (non-hydrogen) atoms. The van der Waals surface area contributed by atoms with Gasteiger partial charge in [-0.15, -0.1) is 0 Å². The molecule has 3 aliphatic rings. The number of fused-ring (bicyclic) bond motifs is 3. The van der Waals surface area contributed by atoms with E-state index in [1.807, 2.05) is 49.9 Å². The summed E-state index contributed by atoms with van der Waals surface area (Å²) in [5.41, 5.74) is 7.90. The Hall–Kier alpha value is -5.70. The molecule has 4 N–H and O–H groups in total. The van der Waals surface area contributed by atoms with Gasteiger partial charge in [0.1, 0.15) is 23.7 Å². The molecule has 5 heterocycles. The maximum absolute atomic E-state index is 13.6. The highest BCUT2D eigenvalue weighted by Gasteiger charge is 2.39. The first-order chi connectivity index (χ1) is 27.5. The van der Waals surface area contributed by atoms with Crippen molar-refractivity contribution >= 4 is 24.0 Å². The van der Waals surface area contributed by atoms with Gasteiger partial charge < -0.3 is 44.6 Å². The second-order valence-electron chi connectivity index (χ2n) is 15.7. The number of rotatable bonds is 10. The van der Waals surface area contributed by atoms with E-state index in [9.17, 15) is 19.2 Å². The van der Waals surface area contributed by atoms with E-state index < -0.39 is 24.3 Å². The molecular weight excluding hydrogens is 729 g/mol. The van der Waals surface area contributed by atoms with Crippen molar-refractivity contribution in [2.75, 3.05) is 27.3 Å². The van der Waals surface area contributed by atoms with Gasteiger partial charge in [0, 0.05) is 13.1 Å². The van der Waals surface area contributed by atoms with E-state index in [-0.39, 0.29) is 35.7 Å². The fourth-order valence-corrected chi connectivity index (χ4v) is 8.25. The molecular formula is C42H52N8O7. The topological polar surface area (TPSA) is 184 Å². The monoisotopic (exact) mass is 780 g/mol. The van der Waals surface area contributed by atoms with Crippen LogP contribution >= 0.6 is 0 Å². The van der Waals surface area contributed by atoms with Gasteiger partial charge in [0.15, 0.2) is 0 Å². The lowest BCUT2D eigenvalue weighted by Crippen LogP contribution is -2.51. The number of aromatic nitrogens is 4. The van der Waals surface area contributed by atoms with Crippen LogP contribution < -0.4 is 10.6 Å². The van der Waals surface area contributed by atoms with Crippen LogP contribution in [0.2, 0.25) is 0 Å². The van der Waals surface area contributed by atoms with Crippen molar-refractivity contribution < 1.29 is 33.4 Å². The average Bonchev–Trinajstić information content (AvgIpc) is 4.04. The molecule has 0 unspecified atom stereocenters. The van der Waals surface area contributed by atoms with Crippen molar-refractivity contribution in [2.45, 2.75) is 90.8 Å². The van der Waals surface area contributed by atoms with Gasteiger partial charge in [0.05, 0.1) is 63.3 Å². The van der Waals surface area contributed by atoms with E-state index in [0.29, 0.717) is 38.0 Å². The number of nitrogens with zero attached hydrogens (tertiary/aromatic N) is 4. The predicted octanol–water partition coefficient (Wildman–Crippen LogP) is 6.25. The van der Waals surface area contributed by atoms with Gasteiger partial charge in [-0.05, 0) is 83.0 Å². The third kappa shape index (κ3) is 8.11. The molecule has 2 aromatic carbocycles. The summed E-state index contributed by atoms with van der Waals surface area (Å²) in [7, 11) is 2.58. The molecule has 15 nitrogen and oxygen atoms in total. The summed E-state index contributed by atoms with van der Waals surface area (Å²) in [6.07, 6.45) is 5.58. The number of benzene rings is 2. The summed E-state index contributed by atoms with van der Waals surface area (Å²) in [5, 5.41) is 5.40. The molecule has 0 saturated carbocycles. The van der Waals surface area contributed by atoms with Gasteiger partial charge in [-0.2, -0.15) is 0 Å². The van der Waals surface area contributed by atoms with E-state index in [2.05, 4.69) is 57.0 Å². The van der Waals surface area contributed by atoms with Crippen LogP contribution in [0.5, 0.6) is 0 Å². The Labute approximate surface area is 332 Å². The minimum atomic E-state index is -0.699. The number of aromatic amines is 2. The average molecular weight is 781 g/mol. The lowest BCUT2D eigenvalue weighted by Gasteiger charge is -2.30. The molecule has 0 spiro atoms. The van der Waals surface area contributed by atoms with E-state index >= 15 is 0 Å². The van der Waals surface area contributed by atoms with Crippen LogP contribution in [0.3, 0.4) is 0 Å². The number of H-pyrrole nitrogens is 2. The molecule has 4 aromatic rings. The molecule has 2 aromatic heterocycles. The number of hydrogen-bond acceptors (Lipinski definition) is 9. The Morgan fingerprint density at radius 2 is 1.12 bits per heavy atom. The number of likely N-dealkylation sites (tertiary alicyclic amines) is 2. The third-order valence-electron chi connectivity index (χ3n) is 11.3. The fourth-order valence-electron chi connectivity index (χ4n) is 8.25. The maximum Gasteiger partial charge on any atom is 0.407 e. The Morgan fingerprint density at radius 1 is 0.702 bits per heavy atom. The Balaban J connectivity index is 1.07. The van der Waals surface area contributed by atoms with Gasteiger partial charge in [-0.1, -0.05) is 52.0 Å². The van der Waals surface area contributed by atoms with Crippen molar-refractivity contribution in [3.8, 4) is 33.6 Å². The van der Waals surface area contributed by atoms with Gasteiger partial charge in [0.25, 0.3) is 0 Å². The standard InChI is InChI=1S/C42H52N8O7/c1-23(2)35(47-41(53)55-5)39(51)49-15-7-9-33(49)37-43-19-31(45-37)25-11-13-29-27(17-25)21-57-22-28-18-26(12-14-30(28)29)32-20-44-38(46-32)34-10-8-16-50(34)40(52)36(24(3)4)48-42(54)56-6/h11-14,17-20,23-24,33-36H,7-10,15-16,21-22H2,1-6H3,(H,43,45)(H,44,46)(H,47,53)(H,48,54)/t33-,34-,35-,36-/m0/s1. The predicted molar refractivity (Wildman–Crippen MR) is 211 cm³/mol. The first-order valence-corrected chi connectivity index (χ1v) is 19.7. The first kappa shape index (κ1) is 39.5. The van der Waals surface area contributed by atoms with Crippen LogP contribution in [0, 0.1) is 11.8 Å². The zero-order chi connectivity index (χ0) is 40.4. The minimum Gasteiger partial charge on any atom is -0.453 e. The highest BCUT2D eigenvalue weighted by Crippen LogP contribution is 2.38. The zero-order valence-electron chi connectivity index (χ0n) is 33.4. The van der Waals surface area contributed by atoms with Gasteiger partial charge in [-0.25, -0.2) is 19.6 Å². The van der Waals surface area contributed by atoms with Crippen LogP contribution in [0.15, 0.2) is 48.8 Å². The molecule has 2 saturated heterocycles. The van der Waals surface area contributed by atoms with Gasteiger partial charge in [0.2, 0.25) is 11.8 Å². The number of carbonyl (C=O) groups is 4. The Bertz CT molecular complexity index is 1980. The molecule has 3 aliphatic heterocycles. The molecule has 4 atom stereocenters. The Morgan fingerprint density at radius 3 is 1.51 bits per heavy atom. The first-order valence-electron chi connectivity index (χ1n) is 19.7.